The lowest BCUT2D eigenvalue weighted by molar-refractivity contribution is -0.118. The Kier molecular flexibility index (Phi) is 6.24. The third kappa shape index (κ3) is 4.32. The van der Waals surface area contributed by atoms with Crippen LogP contribution in [0.4, 0.5) is 0 Å². The van der Waals surface area contributed by atoms with Crippen LogP contribution in [-0.4, -0.2) is 16.7 Å². The molecule has 0 spiro atoms. The molecule has 1 aliphatic carbocycles. The van der Waals surface area contributed by atoms with Crippen LogP contribution in [-0.2, 0) is 11.2 Å². The van der Waals surface area contributed by atoms with Crippen molar-refractivity contribution in [2.75, 3.05) is 0 Å². The van der Waals surface area contributed by atoms with Gasteiger partial charge >= 0.3 is 0 Å². The van der Waals surface area contributed by atoms with Gasteiger partial charge in [-0.2, -0.15) is 5.26 Å². The fourth-order valence-electron chi connectivity index (χ4n) is 4.68. The lowest BCUT2D eigenvalue weighted by atomic mass is 9.69. The number of hydrogen-bond acceptors (Lipinski definition) is 5. The van der Waals surface area contributed by atoms with Crippen LogP contribution in [0.2, 0.25) is 5.02 Å². The number of ketones is 1. The van der Waals surface area contributed by atoms with Gasteiger partial charge in [0.2, 0.25) is 0 Å². The van der Waals surface area contributed by atoms with Gasteiger partial charge in [0.1, 0.15) is 5.82 Å². The highest BCUT2D eigenvalue weighted by atomic mass is 35.5. The standard InChI is InChI=1S/C27H27ClN4O2/c1-4-16-5-7-17(8-6-16)23-20(15-29)25(30)32(21-13-27(2,3)14-22(33)24(21)23)31-26(34)18-9-11-19(28)12-10-18/h5-12,23H,4,13-14,30H2,1-3H3,(H,31,34). The van der Waals surface area contributed by atoms with Gasteiger partial charge in [-0.3, -0.25) is 15.0 Å². The third-order valence-corrected chi connectivity index (χ3v) is 6.67. The summed E-state index contributed by atoms with van der Waals surface area (Å²) in [6, 6.07) is 16.6. The summed E-state index contributed by atoms with van der Waals surface area (Å²) in [5, 5.41) is 12.0. The summed E-state index contributed by atoms with van der Waals surface area (Å²) in [4.78, 5) is 26.5. The highest BCUT2D eigenvalue weighted by molar-refractivity contribution is 6.30. The van der Waals surface area contributed by atoms with E-state index in [-0.39, 0.29) is 22.6 Å². The van der Waals surface area contributed by atoms with E-state index in [1.165, 1.54) is 5.01 Å². The molecule has 1 heterocycles. The van der Waals surface area contributed by atoms with Crippen molar-refractivity contribution >= 4 is 23.3 Å². The Morgan fingerprint density at radius 3 is 2.41 bits per heavy atom. The maximum absolute atomic E-state index is 13.5. The smallest absolute Gasteiger partial charge is 0.270 e. The van der Waals surface area contributed by atoms with Crippen molar-refractivity contribution in [1.29, 1.82) is 5.26 Å². The van der Waals surface area contributed by atoms with E-state index in [2.05, 4.69) is 18.4 Å². The molecule has 0 saturated heterocycles. The molecule has 7 heteroatoms. The molecule has 0 saturated carbocycles. The number of Topliss-reactive ketones (excluding diaryl/α,β-unsaturated/α-hetero) is 1. The van der Waals surface area contributed by atoms with Crippen LogP contribution < -0.4 is 11.2 Å². The quantitative estimate of drug-likeness (QED) is 0.650. The molecule has 0 bridgehead atoms. The van der Waals surface area contributed by atoms with E-state index in [1.54, 1.807) is 24.3 Å². The zero-order valence-corrected chi connectivity index (χ0v) is 20.2. The molecule has 2 aliphatic rings. The molecule has 0 aromatic heterocycles. The molecule has 1 amide bonds. The Hall–Kier alpha value is -3.56. The first-order chi connectivity index (χ1) is 16.1. The number of halogens is 1. The first-order valence-electron chi connectivity index (χ1n) is 11.3. The van der Waals surface area contributed by atoms with Crippen molar-refractivity contribution in [3.63, 3.8) is 0 Å². The summed E-state index contributed by atoms with van der Waals surface area (Å²) in [5.74, 6) is -0.899. The maximum Gasteiger partial charge on any atom is 0.270 e. The van der Waals surface area contributed by atoms with Crippen molar-refractivity contribution < 1.29 is 9.59 Å². The third-order valence-electron chi connectivity index (χ3n) is 6.42. The number of rotatable bonds is 4. The molecule has 174 valence electrons. The molecule has 6 nitrogen and oxygen atoms in total. The monoisotopic (exact) mass is 474 g/mol. The number of aryl methyl sites for hydroxylation is 1. The molecule has 0 fully saturated rings. The lowest BCUT2D eigenvalue weighted by Crippen LogP contribution is -2.49. The van der Waals surface area contributed by atoms with Gasteiger partial charge in [0.25, 0.3) is 5.91 Å². The zero-order chi connectivity index (χ0) is 24.6. The number of hydrogen-bond donors (Lipinski definition) is 2. The van der Waals surface area contributed by atoms with Crippen molar-refractivity contribution in [3.8, 4) is 6.07 Å². The largest absolute Gasteiger partial charge is 0.383 e. The van der Waals surface area contributed by atoms with Crippen LogP contribution in [0, 0.1) is 16.7 Å². The Morgan fingerprint density at radius 2 is 1.82 bits per heavy atom. The Bertz CT molecular complexity index is 1250. The number of carbonyl (C=O) groups excluding carboxylic acids is 2. The van der Waals surface area contributed by atoms with E-state index in [4.69, 9.17) is 17.3 Å². The number of nitriles is 1. The Labute approximate surface area is 204 Å². The van der Waals surface area contributed by atoms with E-state index in [0.717, 1.165) is 17.5 Å². The number of nitrogens with zero attached hydrogens (tertiary/aromatic N) is 2. The molecule has 1 aliphatic heterocycles. The maximum atomic E-state index is 13.5. The second-order valence-electron chi connectivity index (χ2n) is 9.52. The molecule has 4 rings (SSSR count). The Morgan fingerprint density at radius 1 is 1.18 bits per heavy atom. The molecule has 1 unspecified atom stereocenters. The first-order valence-corrected chi connectivity index (χ1v) is 11.6. The van der Waals surface area contributed by atoms with Gasteiger partial charge in [-0.25, -0.2) is 5.01 Å². The van der Waals surface area contributed by atoms with Crippen LogP contribution in [0.15, 0.2) is 71.2 Å². The van der Waals surface area contributed by atoms with Gasteiger partial charge in [0, 0.05) is 22.6 Å². The van der Waals surface area contributed by atoms with E-state index < -0.39 is 11.8 Å². The number of amides is 1. The average Bonchev–Trinajstić information content (AvgIpc) is 2.80. The van der Waals surface area contributed by atoms with E-state index in [1.807, 2.05) is 38.1 Å². The van der Waals surface area contributed by atoms with E-state index >= 15 is 0 Å². The van der Waals surface area contributed by atoms with Crippen LogP contribution in [0.5, 0.6) is 0 Å². The van der Waals surface area contributed by atoms with Gasteiger partial charge < -0.3 is 5.73 Å². The summed E-state index contributed by atoms with van der Waals surface area (Å²) in [6.45, 7) is 6.10. The average molecular weight is 475 g/mol. The van der Waals surface area contributed by atoms with Gasteiger partial charge in [-0.05, 0) is 53.6 Å². The van der Waals surface area contributed by atoms with Gasteiger partial charge in [0.15, 0.2) is 5.78 Å². The second kappa shape index (κ2) is 9.00. The van der Waals surface area contributed by atoms with E-state index in [9.17, 15) is 14.9 Å². The topological polar surface area (TPSA) is 99.2 Å². The Balaban J connectivity index is 1.83. The normalized spacial score (nSPS) is 19.6. The summed E-state index contributed by atoms with van der Waals surface area (Å²) < 4.78 is 0. The molecule has 2 aromatic carbocycles. The van der Waals surface area contributed by atoms with Gasteiger partial charge in [0.05, 0.1) is 23.3 Å². The minimum absolute atomic E-state index is 0.0400. The predicted molar refractivity (Wildman–Crippen MR) is 131 cm³/mol. The second-order valence-corrected chi connectivity index (χ2v) is 9.96. The van der Waals surface area contributed by atoms with Crippen LogP contribution in [0.25, 0.3) is 0 Å². The SMILES string of the molecule is CCc1ccc(C2C(C#N)=C(N)N(NC(=O)c3ccc(Cl)cc3)C3=C2C(=O)CC(C)(C)C3)cc1. The number of carbonyl (C=O) groups is 2. The van der Waals surface area contributed by atoms with E-state index in [0.29, 0.717) is 34.7 Å². The first kappa shape index (κ1) is 23.6. The number of benzene rings is 2. The number of nitrogens with one attached hydrogen (secondary N) is 1. The summed E-state index contributed by atoms with van der Waals surface area (Å²) in [5.41, 5.74) is 12.8. The van der Waals surface area contributed by atoms with Crippen molar-refractivity contribution in [3.05, 3.63) is 92.9 Å². The highest BCUT2D eigenvalue weighted by Crippen LogP contribution is 2.48. The van der Waals surface area contributed by atoms with Crippen molar-refractivity contribution in [1.82, 2.24) is 10.4 Å². The summed E-state index contributed by atoms with van der Waals surface area (Å²) in [7, 11) is 0. The molecule has 0 radical (unpaired) electrons. The van der Waals surface area contributed by atoms with Gasteiger partial charge in [-0.15, -0.1) is 0 Å². The van der Waals surface area contributed by atoms with Crippen LogP contribution in [0.1, 0.15) is 61.0 Å². The lowest BCUT2D eigenvalue weighted by Gasteiger charge is -2.43. The molecule has 1 atom stereocenters. The minimum Gasteiger partial charge on any atom is -0.383 e. The van der Waals surface area contributed by atoms with Crippen LogP contribution in [0.3, 0.4) is 0 Å². The fraction of sp³-hybridized carbons (Fsp3) is 0.296. The summed E-state index contributed by atoms with van der Waals surface area (Å²) >= 11 is 5.95. The minimum atomic E-state index is -0.571. The molecular weight excluding hydrogens is 448 g/mol. The number of hydrazine groups is 1. The molecule has 2 aromatic rings. The molecular formula is C27H27ClN4O2. The number of allylic oxidation sites excluding steroid dienone is 3. The fourth-order valence-corrected chi connectivity index (χ4v) is 4.81. The number of nitrogens with two attached hydrogens (primary N) is 1. The molecule has 34 heavy (non-hydrogen) atoms. The highest BCUT2D eigenvalue weighted by Gasteiger charge is 2.44. The zero-order valence-electron chi connectivity index (χ0n) is 19.5. The van der Waals surface area contributed by atoms with Crippen molar-refractivity contribution in [2.45, 2.75) is 46.0 Å². The van der Waals surface area contributed by atoms with Crippen molar-refractivity contribution in [2.24, 2.45) is 11.1 Å². The molecule has 3 N–H and O–H groups in total. The summed E-state index contributed by atoms with van der Waals surface area (Å²) in [6.07, 6.45) is 1.77. The predicted octanol–water partition coefficient (Wildman–Crippen LogP) is 4.98. The van der Waals surface area contributed by atoms with Gasteiger partial charge in [-0.1, -0.05) is 56.6 Å². The van der Waals surface area contributed by atoms with Crippen LogP contribution >= 0.6 is 11.6 Å².